The van der Waals surface area contributed by atoms with Gasteiger partial charge in [0.1, 0.15) is 6.61 Å². The summed E-state index contributed by atoms with van der Waals surface area (Å²) in [7, 11) is 0. The summed E-state index contributed by atoms with van der Waals surface area (Å²) in [6.45, 7) is 9.73. The van der Waals surface area contributed by atoms with Crippen LogP contribution in [0.1, 0.15) is 51.5 Å². The topological polar surface area (TPSA) is 69.5 Å². The van der Waals surface area contributed by atoms with Gasteiger partial charge in [0, 0.05) is 19.1 Å². The fourth-order valence-electron chi connectivity index (χ4n) is 4.23. The summed E-state index contributed by atoms with van der Waals surface area (Å²) in [6, 6.07) is 7.95. The molecule has 7 nitrogen and oxygen atoms in total. The second-order valence-corrected chi connectivity index (χ2v) is 9.26. The lowest BCUT2D eigenvalue weighted by atomic mass is 10.00. The van der Waals surface area contributed by atoms with Crippen molar-refractivity contribution in [2.75, 3.05) is 13.2 Å². The average Bonchev–Trinajstić information content (AvgIpc) is 3.20. The first-order valence-electron chi connectivity index (χ1n) is 11.0. The van der Waals surface area contributed by atoms with E-state index in [1.165, 1.54) is 18.2 Å². The molecule has 0 N–H and O–H groups in total. The second kappa shape index (κ2) is 9.77. The monoisotopic (exact) mass is 442 g/mol. The van der Waals surface area contributed by atoms with Gasteiger partial charge >= 0.3 is 0 Å². The fraction of sp³-hybridized carbons (Fsp3) is 0.522. The van der Waals surface area contributed by atoms with Crippen molar-refractivity contribution in [3.05, 3.63) is 42.7 Å². The number of carbonyl (C=O) groups is 1. The first-order valence-corrected chi connectivity index (χ1v) is 11.9. The van der Waals surface area contributed by atoms with E-state index in [9.17, 15) is 4.79 Å². The quantitative estimate of drug-likeness (QED) is 0.472. The molecule has 3 heterocycles. The minimum absolute atomic E-state index is 0.178. The van der Waals surface area contributed by atoms with Gasteiger partial charge in [-0.3, -0.25) is 9.36 Å². The van der Waals surface area contributed by atoms with Crippen LogP contribution in [0.4, 0.5) is 0 Å². The number of nitrogens with zero attached hydrogens (tertiary/aromatic N) is 4. The Hall–Kier alpha value is -2.48. The van der Waals surface area contributed by atoms with Crippen LogP contribution >= 0.6 is 11.8 Å². The molecule has 0 radical (unpaired) electrons. The van der Waals surface area contributed by atoms with Crippen LogP contribution in [0.2, 0.25) is 0 Å². The van der Waals surface area contributed by atoms with Crippen LogP contribution in [0, 0.1) is 0 Å². The van der Waals surface area contributed by atoms with Gasteiger partial charge in [-0.15, -0.1) is 16.8 Å². The molecule has 8 heteroatoms. The smallest absolute Gasteiger partial charge is 0.236 e. The van der Waals surface area contributed by atoms with E-state index in [4.69, 9.17) is 9.47 Å². The predicted molar refractivity (Wildman–Crippen MR) is 120 cm³/mol. The first kappa shape index (κ1) is 21.7. The maximum absolute atomic E-state index is 13.2. The molecule has 0 spiro atoms. The van der Waals surface area contributed by atoms with Gasteiger partial charge < -0.3 is 14.4 Å². The highest BCUT2D eigenvalue weighted by atomic mass is 32.2. The van der Waals surface area contributed by atoms with Crippen LogP contribution in [-0.2, 0) is 11.3 Å². The molecule has 0 bridgehead atoms. The van der Waals surface area contributed by atoms with Gasteiger partial charge in [0.15, 0.2) is 28.6 Å². The highest BCUT2D eigenvalue weighted by molar-refractivity contribution is 8.00. The maximum Gasteiger partial charge on any atom is 0.236 e. The van der Waals surface area contributed by atoms with Crippen LogP contribution < -0.4 is 9.47 Å². The van der Waals surface area contributed by atoms with E-state index in [-0.39, 0.29) is 17.3 Å². The molecule has 2 aliphatic rings. The van der Waals surface area contributed by atoms with Gasteiger partial charge in [0.05, 0.1) is 5.25 Å². The Morgan fingerprint density at radius 3 is 2.90 bits per heavy atom. The molecule has 2 aromatic rings. The van der Waals surface area contributed by atoms with E-state index < -0.39 is 0 Å². The summed E-state index contributed by atoms with van der Waals surface area (Å²) >= 11 is 1.45. The highest BCUT2D eigenvalue weighted by Crippen LogP contribution is 2.36. The SMILES string of the molecule is C=CCn1c(SC(C)C(=O)N2CCCCC2CC)nnc1C1COc2ccccc2O1. The van der Waals surface area contributed by atoms with Crippen LogP contribution in [0.3, 0.4) is 0 Å². The summed E-state index contributed by atoms with van der Waals surface area (Å²) in [5.74, 6) is 2.29. The third kappa shape index (κ3) is 4.59. The third-order valence-corrected chi connectivity index (χ3v) is 6.93. The molecule has 1 amide bonds. The minimum Gasteiger partial charge on any atom is -0.485 e. The van der Waals surface area contributed by atoms with Crippen molar-refractivity contribution in [2.45, 2.75) is 68.6 Å². The molecule has 1 aromatic carbocycles. The number of fused-ring (bicyclic) bond motifs is 1. The van der Waals surface area contributed by atoms with E-state index in [1.54, 1.807) is 6.08 Å². The lowest BCUT2D eigenvalue weighted by Gasteiger charge is -2.36. The van der Waals surface area contributed by atoms with Crippen LogP contribution in [0.5, 0.6) is 11.5 Å². The molecule has 166 valence electrons. The Kier molecular flexibility index (Phi) is 6.85. The van der Waals surface area contributed by atoms with Crippen LogP contribution in [0.15, 0.2) is 42.1 Å². The number of allylic oxidation sites excluding steroid dienone is 1. The fourth-order valence-corrected chi connectivity index (χ4v) is 5.17. The van der Waals surface area contributed by atoms with Crippen molar-refractivity contribution < 1.29 is 14.3 Å². The molecule has 31 heavy (non-hydrogen) atoms. The number of thioether (sulfide) groups is 1. The molecule has 3 atom stereocenters. The number of amides is 1. The molecular weight excluding hydrogens is 412 g/mol. The molecule has 0 aliphatic carbocycles. The number of likely N-dealkylation sites (tertiary alicyclic amines) is 1. The molecule has 3 unspecified atom stereocenters. The summed E-state index contributed by atoms with van der Waals surface area (Å²) < 4.78 is 14.0. The van der Waals surface area contributed by atoms with Crippen molar-refractivity contribution in [1.82, 2.24) is 19.7 Å². The normalized spacial score (nSPS) is 21.5. The van der Waals surface area contributed by atoms with E-state index in [0.29, 0.717) is 35.9 Å². The number of aromatic nitrogens is 3. The zero-order chi connectivity index (χ0) is 21.8. The number of piperidine rings is 1. The van der Waals surface area contributed by atoms with Crippen LogP contribution in [0.25, 0.3) is 0 Å². The standard InChI is InChI=1S/C23H30N4O3S/c1-4-13-27-21(20-15-29-18-11-6-7-12-19(18)30-20)24-25-23(27)31-16(3)22(28)26-14-9-8-10-17(26)5-2/h4,6-7,11-12,16-17,20H,1,5,8-10,13-15H2,2-3H3. The second-order valence-electron chi connectivity index (χ2n) is 7.95. The third-order valence-electron chi connectivity index (χ3n) is 5.87. The minimum atomic E-state index is -0.366. The van der Waals surface area contributed by atoms with E-state index >= 15 is 0 Å². The number of ether oxygens (including phenoxy) is 2. The van der Waals surface area contributed by atoms with E-state index in [2.05, 4.69) is 28.6 Å². The maximum atomic E-state index is 13.2. The number of benzene rings is 1. The Bertz CT molecular complexity index is 931. The van der Waals surface area contributed by atoms with Crippen molar-refractivity contribution >= 4 is 17.7 Å². The number of carbonyl (C=O) groups excluding carboxylic acids is 1. The largest absolute Gasteiger partial charge is 0.485 e. The van der Waals surface area contributed by atoms with E-state index in [0.717, 1.165) is 31.6 Å². The zero-order valence-electron chi connectivity index (χ0n) is 18.2. The van der Waals surface area contributed by atoms with E-state index in [1.807, 2.05) is 35.8 Å². The van der Waals surface area contributed by atoms with Crippen molar-refractivity contribution in [1.29, 1.82) is 0 Å². The Balaban J connectivity index is 1.51. The van der Waals surface area contributed by atoms with Gasteiger partial charge in [0.2, 0.25) is 5.91 Å². The van der Waals surface area contributed by atoms with Gasteiger partial charge in [-0.1, -0.05) is 36.9 Å². The average molecular weight is 443 g/mol. The van der Waals surface area contributed by atoms with Gasteiger partial charge in [-0.2, -0.15) is 0 Å². The number of hydrogen-bond acceptors (Lipinski definition) is 6. The van der Waals surface area contributed by atoms with Gasteiger partial charge in [-0.25, -0.2) is 0 Å². The molecular formula is C23H30N4O3S. The molecule has 4 rings (SSSR count). The lowest BCUT2D eigenvalue weighted by Crippen LogP contribution is -2.46. The van der Waals surface area contributed by atoms with Crippen molar-refractivity contribution in [3.63, 3.8) is 0 Å². The molecule has 0 saturated carbocycles. The molecule has 2 aliphatic heterocycles. The van der Waals surface area contributed by atoms with Crippen LogP contribution in [-0.4, -0.2) is 50.0 Å². The first-order chi connectivity index (χ1) is 15.1. The zero-order valence-corrected chi connectivity index (χ0v) is 19.0. The Morgan fingerprint density at radius 1 is 1.32 bits per heavy atom. The summed E-state index contributed by atoms with van der Waals surface area (Å²) in [4.78, 5) is 15.2. The molecule has 1 aromatic heterocycles. The number of para-hydroxylation sites is 2. The van der Waals surface area contributed by atoms with Crippen molar-refractivity contribution in [2.24, 2.45) is 0 Å². The number of hydrogen-bond donors (Lipinski definition) is 0. The molecule has 1 saturated heterocycles. The molecule has 1 fully saturated rings. The Labute approximate surface area is 187 Å². The summed E-state index contributed by atoms with van der Waals surface area (Å²) in [5, 5.41) is 9.25. The van der Waals surface area contributed by atoms with Gasteiger partial charge in [0.25, 0.3) is 0 Å². The highest BCUT2D eigenvalue weighted by Gasteiger charge is 2.32. The van der Waals surface area contributed by atoms with Gasteiger partial charge in [-0.05, 0) is 44.7 Å². The Morgan fingerprint density at radius 2 is 2.13 bits per heavy atom. The summed E-state index contributed by atoms with van der Waals surface area (Å²) in [6.07, 6.45) is 5.81. The van der Waals surface area contributed by atoms with Crippen molar-refractivity contribution in [3.8, 4) is 11.5 Å². The number of rotatable bonds is 7. The summed E-state index contributed by atoms with van der Waals surface area (Å²) in [5.41, 5.74) is 0. The predicted octanol–water partition coefficient (Wildman–Crippen LogP) is 4.25. The lowest BCUT2D eigenvalue weighted by molar-refractivity contribution is -0.134.